The van der Waals surface area contributed by atoms with Crippen molar-refractivity contribution >= 4 is 28.6 Å². The highest BCUT2D eigenvalue weighted by atomic mass is 32.1. The van der Waals surface area contributed by atoms with E-state index in [1.807, 2.05) is 6.92 Å². The van der Waals surface area contributed by atoms with Gasteiger partial charge in [0.15, 0.2) is 0 Å². The number of hydrogen-bond donors (Lipinski definition) is 2. The van der Waals surface area contributed by atoms with Crippen molar-refractivity contribution < 1.29 is 4.79 Å². The Labute approximate surface area is 132 Å². The Hall–Kier alpha value is -1.31. The lowest BCUT2D eigenvalue weighted by Gasteiger charge is -2.02. The van der Waals surface area contributed by atoms with E-state index >= 15 is 0 Å². The van der Waals surface area contributed by atoms with Gasteiger partial charge in [-0.2, -0.15) is 0 Å². The van der Waals surface area contributed by atoms with Crippen LogP contribution in [0.2, 0.25) is 0 Å². The molecule has 114 valence electrons. The minimum atomic E-state index is -0.0976. The summed E-state index contributed by atoms with van der Waals surface area (Å²) in [6.07, 6.45) is 3.68. The van der Waals surface area contributed by atoms with Crippen LogP contribution in [-0.4, -0.2) is 29.0 Å². The number of aromatic nitrogens is 2. The smallest absolute Gasteiger partial charge is 0.270 e. The normalized spacial score (nSPS) is 10.8. The van der Waals surface area contributed by atoms with Crippen molar-refractivity contribution in [1.82, 2.24) is 15.3 Å². The number of rotatable bonds is 8. The Bertz CT molecular complexity index is 579. The van der Waals surface area contributed by atoms with Crippen molar-refractivity contribution in [2.24, 2.45) is 5.73 Å². The molecule has 2 rings (SSSR count). The molecule has 0 atom stereocenters. The first-order chi connectivity index (χ1) is 10.2. The fraction of sp³-hybridized carbons (Fsp3) is 0.500. The van der Waals surface area contributed by atoms with E-state index in [0.717, 1.165) is 36.4 Å². The van der Waals surface area contributed by atoms with Gasteiger partial charge in [-0.3, -0.25) is 4.79 Å². The van der Waals surface area contributed by atoms with Crippen LogP contribution in [0.15, 0.2) is 10.8 Å². The van der Waals surface area contributed by atoms with Crippen molar-refractivity contribution in [3.8, 4) is 0 Å². The number of aryl methyl sites for hydroxylation is 2. The molecule has 0 aromatic carbocycles. The first-order valence-corrected chi connectivity index (χ1v) is 8.78. The third-order valence-electron chi connectivity index (χ3n) is 2.91. The minimum absolute atomic E-state index is 0.0976. The maximum atomic E-state index is 11.9. The fourth-order valence-electron chi connectivity index (χ4n) is 1.86. The van der Waals surface area contributed by atoms with Crippen LogP contribution in [0.25, 0.3) is 0 Å². The van der Waals surface area contributed by atoms with Gasteiger partial charge < -0.3 is 11.1 Å². The highest BCUT2D eigenvalue weighted by Gasteiger charge is 2.09. The Kier molecular flexibility index (Phi) is 6.28. The molecule has 0 fully saturated rings. The van der Waals surface area contributed by atoms with Gasteiger partial charge in [0.25, 0.3) is 5.91 Å². The molecule has 0 unspecified atom stereocenters. The topological polar surface area (TPSA) is 80.9 Å². The number of nitrogens with two attached hydrogens (primary N) is 1. The quantitative estimate of drug-likeness (QED) is 0.729. The SMILES string of the molecule is Cc1csc(CCCCNC(=O)c2csc(CCN)n2)n1. The molecule has 0 aliphatic heterocycles. The summed E-state index contributed by atoms with van der Waals surface area (Å²) in [6, 6.07) is 0. The Morgan fingerprint density at radius 1 is 1.19 bits per heavy atom. The molecule has 7 heteroatoms. The molecular weight excluding hydrogens is 304 g/mol. The van der Waals surface area contributed by atoms with E-state index in [9.17, 15) is 4.79 Å². The van der Waals surface area contributed by atoms with Crippen LogP contribution in [-0.2, 0) is 12.8 Å². The number of carbonyl (C=O) groups excluding carboxylic acids is 1. The van der Waals surface area contributed by atoms with Gasteiger partial charge in [0.1, 0.15) is 5.69 Å². The zero-order valence-electron chi connectivity index (χ0n) is 12.1. The average Bonchev–Trinajstić information content (AvgIpc) is 3.08. The maximum Gasteiger partial charge on any atom is 0.270 e. The molecule has 0 aliphatic carbocycles. The summed E-state index contributed by atoms with van der Waals surface area (Å²) in [5.74, 6) is -0.0976. The average molecular weight is 324 g/mol. The zero-order valence-corrected chi connectivity index (χ0v) is 13.7. The number of hydrogen-bond acceptors (Lipinski definition) is 6. The van der Waals surface area contributed by atoms with Crippen LogP contribution in [0.1, 0.15) is 39.0 Å². The van der Waals surface area contributed by atoms with E-state index in [2.05, 4.69) is 20.7 Å². The molecule has 2 aromatic rings. The monoisotopic (exact) mass is 324 g/mol. The van der Waals surface area contributed by atoms with E-state index in [-0.39, 0.29) is 5.91 Å². The molecule has 2 heterocycles. The molecule has 3 N–H and O–H groups in total. The fourth-order valence-corrected chi connectivity index (χ4v) is 3.48. The van der Waals surface area contributed by atoms with Gasteiger partial charge in [-0.05, 0) is 32.7 Å². The maximum absolute atomic E-state index is 11.9. The molecule has 2 aromatic heterocycles. The van der Waals surface area contributed by atoms with Crippen molar-refractivity contribution in [3.05, 3.63) is 32.2 Å². The predicted molar refractivity (Wildman–Crippen MR) is 87.0 cm³/mol. The molecule has 0 saturated carbocycles. The van der Waals surface area contributed by atoms with E-state index in [0.29, 0.717) is 18.8 Å². The van der Waals surface area contributed by atoms with E-state index in [4.69, 9.17) is 5.73 Å². The van der Waals surface area contributed by atoms with Gasteiger partial charge in [0.05, 0.1) is 10.0 Å². The van der Waals surface area contributed by atoms with E-state index < -0.39 is 0 Å². The first kappa shape index (κ1) is 16.1. The third-order valence-corrected chi connectivity index (χ3v) is 4.85. The standard InChI is InChI=1S/C14H20N4OS2/c1-10-8-20-12(17-10)4-2-3-7-16-14(19)11-9-21-13(18-11)5-6-15/h8-9H,2-7,15H2,1H3,(H,16,19). The summed E-state index contributed by atoms with van der Waals surface area (Å²) in [6.45, 7) is 3.24. The Morgan fingerprint density at radius 3 is 2.67 bits per heavy atom. The number of unbranched alkanes of at least 4 members (excludes halogenated alkanes) is 1. The van der Waals surface area contributed by atoms with Gasteiger partial charge in [0, 0.05) is 29.4 Å². The summed E-state index contributed by atoms with van der Waals surface area (Å²) >= 11 is 3.19. The molecule has 1 amide bonds. The molecule has 0 radical (unpaired) electrons. The lowest BCUT2D eigenvalue weighted by molar-refractivity contribution is 0.0948. The van der Waals surface area contributed by atoms with E-state index in [1.54, 1.807) is 16.7 Å². The summed E-state index contributed by atoms with van der Waals surface area (Å²) in [7, 11) is 0. The largest absolute Gasteiger partial charge is 0.351 e. The number of carbonyl (C=O) groups is 1. The van der Waals surface area contributed by atoms with E-state index in [1.165, 1.54) is 16.3 Å². The highest BCUT2D eigenvalue weighted by Crippen LogP contribution is 2.12. The third kappa shape index (κ3) is 5.18. The second kappa shape index (κ2) is 8.21. The predicted octanol–water partition coefficient (Wildman–Crippen LogP) is 2.16. The molecule has 0 bridgehead atoms. The Balaban J connectivity index is 1.64. The van der Waals surface area contributed by atoms with Crippen LogP contribution in [0.4, 0.5) is 0 Å². The van der Waals surface area contributed by atoms with Crippen LogP contribution < -0.4 is 11.1 Å². The first-order valence-electron chi connectivity index (χ1n) is 7.02. The second-order valence-electron chi connectivity index (χ2n) is 4.76. The molecule has 0 saturated heterocycles. The van der Waals surface area contributed by atoms with Crippen molar-refractivity contribution in [2.45, 2.75) is 32.6 Å². The lowest BCUT2D eigenvalue weighted by atomic mass is 10.2. The summed E-state index contributed by atoms with van der Waals surface area (Å²) < 4.78 is 0. The zero-order chi connectivity index (χ0) is 15.1. The van der Waals surface area contributed by atoms with Crippen LogP contribution in [0, 0.1) is 6.92 Å². The van der Waals surface area contributed by atoms with Crippen LogP contribution in [0.5, 0.6) is 0 Å². The molecule has 0 aliphatic rings. The Morgan fingerprint density at radius 2 is 1.95 bits per heavy atom. The van der Waals surface area contributed by atoms with Crippen LogP contribution in [0.3, 0.4) is 0 Å². The second-order valence-corrected chi connectivity index (χ2v) is 6.65. The molecule has 0 spiro atoms. The molecular formula is C14H20N4OS2. The molecule has 5 nitrogen and oxygen atoms in total. The number of nitrogens with zero attached hydrogens (tertiary/aromatic N) is 2. The van der Waals surface area contributed by atoms with Gasteiger partial charge >= 0.3 is 0 Å². The van der Waals surface area contributed by atoms with Crippen molar-refractivity contribution in [2.75, 3.05) is 13.1 Å². The summed E-state index contributed by atoms with van der Waals surface area (Å²) in [4.78, 5) is 20.6. The van der Waals surface area contributed by atoms with Gasteiger partial charge in [-0.25, -0.2) is 9.97 Å². The summed E-state index contributed by atoms with van der Waals surface area (Å²) in [5, 5.41) is 8.85. The van der Waals surface area contributed by atoms with Crippen molar-refractivity contribution in [1.29, 1.82) is 0 Å². The minimum Gasteiger partial charge on any atom is -0.351 e. The number of nitrogens with one attached hydrogen (secondary N) is 1. The van der Waals surface area contributed by atoms with Gasteiger partial charge in [-0.1, -0.05) is 0 Å². The van der Waals surface area contributed by atoms with Crippen molar-refractivity contribution in [3.63, 3.8) is 0 Å². The number of amides is 1. The van der Waals surface area contributed by atoms with Crippen LogP contribution >= 0.6 is 22.7 Å². The van der Waals surface area contributed by atoms with Gasteiger partial charge in [-0.15, -0.1) is 22.7 Å². The van der Waals surface area contributed by atoms with Gasteiger partial charge in [0.2, 0.25) is 0 Å². The summed E-state index contributed by atoms with van der Waals surface area (Å²) in [5.41, 5.74) is 7.05. The number of thiazole rings is 2. The lowest BCUT2D eigenvalue weighted by Crippen LogP contribution is -2.24. The molecule has 21 heavy (non-hydrogen) atoms. The highest BCUT2D eigenvalue weighted by molar-refractivity contribution is 7.10.